The fraction of sp³-hybridized carbons (Fsp3) is 0.536. The lowest BCUT2D eigenvalue weighted by Crippen LogP contribution is -2.38. The molecule has 456 valence electrons. The van der Waals surface area contributed by atoms with Crippen LogP contribution in [0.15, 0.2) is 70.5 Å². The molecular formula is C56H80Cl4N8O12S2. The van der Waals surface area contributed by atoms with Gasteiger partial charge in [-0.3, -0.25) is 0 Å². The minimum atomic E-state index is -3.77. The molecule has 4 aromatic rings. The number of ether oxygens (including phenoxy) is 6. The Morgan fingerprint density at radius 2 is 0.927 bits per heavy atom. The Balaban J connectivity index is 0.000000314. The average Bonchev–Trinajstić information content (AvgIpc) is 4.21. The fourth-order valence-corrected chi connectivity index (χ4v) is 12.4. The van der Waals surface area contributed by atoms with Crippen LogP contribution in [0, 0.1) is 13.8 Å². The molecule has 0 bridgehead atoms. The van der Waals surface area contributed by atoms with Crippen LogP contribution in [-0.4, -0.2) is 172 Å². The van der Waals surface area contributed by atoms with E-state index < -0.39 is 20.0 Å². The number of carbonyl (C=O) groups excluding carboxylic acids is 2. The molecule has 4 atom stereocenters. The van der Waals surface area contributed by atoms with Gasteiger partial charge >= 0.3 is 12.1 Å². The van der Waals surface area contributed by atoms with Gasteiger partial charge < -0.3 is 59.5 Å². The lowest BCUT2D eigenvalue weighted by Gasteiger charge is -2.28. The summed E-state index contributed by atoms with van der Waals surface area (Å²) >= 11 is 25.5. The van der Waals surface area contributed by atoms with Gasteiger partial charge in [0.1, 0.15) is 23.7 Å². The Morgan fingerprint density at radius 3 is 1.32 bits per heavy atom. The van der Waals surface area contributed by atoms with E-state index in [1.165, 1.54) is 6.07 Å². The van der Waals surface area contributed by atoms with Crippen LogP contribution >= 0.6 is 46.4 Å². The van der Waals surface area contributed by atoms with Gasteiger partial charge in [0.15, 0.2) is 0 Å². The summed E-state index contributed by atoms with van der Waals surface area (Å²) in [7, 11) is 2.08. The molecule has 26 heteroatoms. The number of hydrogen-bond acceptors (Lipinski definition) is 14. The number of fused-ring (bicyclic) bond motifs is 2. The van der Waals surface area contributed by atoms with Crippen molar-refractivity contribution in [3.05, 3.63) is 114 Å². The molecule has 4 aromatic carbocycles. The van der Waals surface area contributed by atoms with Crippen LogP contribution in [0.25, 0.3) is 0 Å². The quantitative estimate of drug-likeness (QED) is 0.0256. The summed E-state index contributed by atoms with van der Waals surface area (Å²) in [5.74, 6) is 1.19. The zero-order valence-corrected chi connectivity index (χ0v) is 52.6. The van der Waals surface area contributed by atoms with Crippen molar-refractivity contribution in [3.8, 4) is 11.5 Å². The van der Waals surface area contributed by atoms with Crippen molar-refractivity contribution in [3.63, 3.8) is 0 Å². The Hall–Kier alpha value is -4.24. The van der Waals surface area contributed by atoms with E-state index in [1.807, 2.05) is 61.1 Å². The molecule has 0 fully saturated rings. The molecule has 0 saturated heterocycles. The van der Waals surface area contributed by atoms with Crippen LogP contribution < -0.4 is 40.2 Å². The molecule has 4 amide bonds. The summed E-state index contributed by atoms with van der Waals surface area (Å²) in [6, 6.07) is 16.5. The van der Waals surface area contributed by atoms with Crippen LogP contribution in [0.3, 0.4) is 0 Å². The van der Waals surface area contributed by atoms with Gasteiger partial charge in [0.05, 0.1) is 68.1 Å². The Morgan fingerprint density at radius 1 is 0.537 bits per heavy atom. The van der Waals surface area contributed by atoms with E-state index in [1.54, 1.807) is 49.5 Å². The second-order valence-corrected chi connectivity index (χ2v) is 25.2. The highest BCUT2D eigenvalue weighted by Crippen LogP contribution is 2.44. The van der Waals surface area contributed by atoms with Crippen LogP contribution in [0.5, 0.6) is 11.5 Å². The Kier molecular flexibility index (Phi) is 28.5. The lowest BCUT2D eigenvalue weighted by molar-refractivity contribution is 0.0502. The second-order valence-electron chi connectivity index (χ2n) is 20.0. The summed E-state index contributed by atoms with van der Waals surface area (Å²) in [5.41, 5.74) is 5.32. The maximum atomic E-state index is 12.9. The molecule has 6 N–H and O–H groups in total. The number of carbonyl (C=O) groups is 2. The molecule has 0 aromatic heterocycles. The number of amides is 4. The third-order valence-corrected chi connectivity index (χ3v) is 17.4. The smallest absolute Gasteiger partial charge is 0.314 e. The topological polar surface area (TPSA) is 236 Å². The van der Waals surface area contributed by atoms with Crippen LogP contribution in [0.4, 0.5) is 9.59 Å². The number of likely N-dealkylation sites (N-methyl/N-ethyl adjacent to an activating group) is 2. The fourth-order valence-electron chi connectivity index (χ4n) is 9.03. The maximum Gasteiger partial charge on any atom is 0.314 e. The number of benzene rings is 4. The summed E-state index contributed by atoms with van der Waals surface area (Å²) in [6.07, 6.45) is 3.30. The van der Waals surface area contributed by atoms with E-state index in [9.17, 15) is 26.4 Å². The van der Waals surface area contributed by atoms with Crippen molar-refractivity contribution < 1.29 is 54.8 Å². The van der Waals surface area contributed by atoms with Crippen molar-refractivity contribution in [2.75, 3.05) is 121 Å². The van der Waals surface area contributed by atoms with Crippen molar-refractivity contribution in [1.29, 1.82) is 0 Å². The first-order valence-corrected chi connectivity index (χ1v) is 31.6. The first-order chi connectivity index (χ1) is 39.1. The van der Waals surface area contributed by atoms with Gasteiger partial charge in [-0.2, -0.15) is 0 Å². The van der Waals surface area contributed by atoms with Gasteiger partial charge in [0.2, 0.25) is 20.0 Å². The number of unbranched alkanes of at least 4 members (excludes halogenated alkanes) is 1. The highest BCUT2D eigenvalue weighted by Gasteiger charge is 2.39. The molecule has 6 rings (SSSR count). The standard InChI is InChI=1S/C31H46Cl2N6O7S.C25H34Cl2N2O5S/c1-21-17-23(7-8-28(21)46-29-25-18-22(32)19-26(33)24(25)20-27(29)39(3)4)47(42,43)38-12-14-45-16-15-44-13-11-37-31(41)36-10-6-5-9-35-30(40)34-2;1-5-9-32-11-12-33-10-8-28-35(30,31)19-6-7-24(17(2)13-19)34-25-21-14-18(26)15-22(27)20(21)16-23(25)29(3)4/h7-8,17-19,27,29,38H,5-6,9-16,20H2,1-4H3,(H2,34,35,40)(H2,36,37,41);6-7,13-15,23,25,28H,5,8-12,16H2,1-4H3/t27-,29-;23-,25-/m00/s1. The molecule has 2 aliphatic carbocycles. The van der Waals surface area contributed by atoms with E-state index in [4.69, 9.17) is 74.8 Å². The van der Waals surface area contributed by atoms with Gasteiger partial charge in [-0.1, -0.05) is 53.3 Å². The second kappa shape index (κ2) is 34.0. The van der Waals surface area contributed by atoms with E-state index in [-0.39, 0.29) is 79.1 Å². The van der Waals surface area contributed by atoms with Crippen LogP contribution in [0.1, 0.15) is 71.8 Å². The molecule has 0 unspecified atom stereocenters. The summed E-state index contributed by atoms with van der Waals surface area (Å²) < 4.78 is 90.9. The molecule has 0 aliphatic heterocycles. The SMILES string of the molecule is CCCOCCOCCNS(=O)(=O)c1ccc(O[C@H]2c3cc(Cl)cc(Cl)c3C[C@@H]2N(C)C)c(C)c1.CNC(=O)NCCCCNC(=O)NCCOCCOCCNS(=O)(=O)c1ccc(O[C@H]2c3cc(Cl)cc(Cl)c3C[C@@H]2N(C)C)c(C)c1. The number of rotatable bonds is 32. The first-order valence-electron chi connectivity index (χ1n) is 27.2. The van der Waals surface area contributed by atoms with Gasteiger partial charge in [0.25, 0.3) is 0 Å². The maximum absolute atomic E-state index is 12.9. The minimum Gasteiger partial charge on any atom is -0.484 e. The summed E-state index contributed by atoms with van der Waals surface area (Å²) in [6.45, 7) is 10.3. The number of halogens is 4. The highest BCUT2D eigenvalue weighted by molar-refractivity contribution is 7.89. The lowest BCUT2D eigenvalue weighted by atomic mass is 10.1. The average molecular weight is 1260 g/mol. The predicted octanol–water partition coefficient (Wildman–Crippen LogP) is 7.86. The third-order valence-electron chi connectivity index (χ3n) is 13.4. The number of hydrogen-bond donors (Lipinski definition) is 6. The Labute approximate surface area is 504 Å². The number of nitrogens with one attached hydrogen (secondary N) is 6. The van der Waals surface area contributed by atoms with E-state index >= 15 is 0 Å². The first kappa shape index (κ1) is 68.5. The molecular weight excluding hydrogens is 1180 g/mol. The molecule has 20 nitrogen and oxygen atoms in total. The molecule has 2 aliphatic rings. The van der Waals surface area contributed by atoms with Crippen LogP contribution in [-0.2, 0) is 51.8 Å². The molecule has 0 radical (unpaired) electrons. The Bertz CT molecular complexity index is 2950. The number of urea groups is 2. The molecule has 0 saturated carbocycles. The van der Waals surface area contributed by atoms with Gasteiger partial charge in [-0.25, -0.2) is 35.9 Å². The molecule has 0 spiro atoms. The van der Waals surface area contributed by atoms with Gasteiger partial charge in [0, 0.05) is 77.6 Å². The van der Waals surface area contributed by atoms with Crippen LogP contribution in [0.2, 0.25) is 20.1 Å². The zero-order chi connectivity index (χ0) is 60.0. The van der Waals surface area contributed by atoms with Crippen molar-refractivity contribution in [2.45, 2.75) is 87.0 Å². The predicted molar refractivity (Wildman–Crippen MR) is 321 cm³/mol. The van der Waals surface area contributed by atoms with Gasteiger partial charge in [-0.15, -0.1) is 0 Å². The van der Waals surface area contributed by atoms with E-state index in [0.29, 0.717) is 96.2 Å². The monoisotopic (exact) mass is 1260 g/mol. The van der Waals surface area contributed by atoms with E-state index in [2.05, 4.69) is 40.5 Å². The molecule has 0 heterocycles. The summed E-state index contributed by atoms with van der Waals surface area (Å²) in [4.78, 5) is 27.3. The van der Waals surface area contributed by atoms with Crippen molar-refractivity contribution in [1.82, 2.24) is 40.5 Å². The third kappa shape index (κ3) is 21.1. The van der Waals surface area contributed by atoms with Crippen molar-refractivity contribution in [2.24, 2.45) is 0 Å². The minimum absolute atomic E-state index is 0.0340. The summed E-state index contributed by atoms with van der Waals surface area (Å²) in [5, 5.41) is 12.9. The largest absolute Gasteiger partial charge is 0.484 e. The number of aryl methyl sites for hydroxylation is 2. The number of nitrogens with zero attached hydrogens (tertiary/aromatic N) is 2. The highest BCUT2D eigenvalue weighted by atomic mass is 35.5. The normalized spacial score (nSPS) is 16.6. The molecule has 82 heavy (non-hydrogen) atoms. The van der Waals surface area contributed by atoms with Crippen molar-refractivity contribution >= 4 is 78.5 Å². The van der Waals surface area contributed by atoms with Gasteiger partial charge in [-0.05, 0) is 157 Å². The number of sulfonamides is 2. The van der Waals surface area contributed by atoms with E-state index in [0.717, 1.165) is 53.5 Å². The zero-order valence-electron chi connectivity index (χ0n) is 47.9.